The van der Waals surface area contributed by atoms with E-state index in [-0.39, 0.29) is 6.04 Å². The average molecular weight is 276 g/mol. The maximum absolute atomic E-state index is 5.87. The van der Waals surface area contributed by atoms with E-state index >= 15 is 0 Å². The van der Waals surface area contributed by atoms with E-state index in [1.54, 1.807) is 0 Å². The van der Waals surface area contributed by atoms with E-state index in [1.807, 2.05) is 36.5 Å². The van der Waals surface area contributed by atoms with Gasteiger partial charge in [-0.05, 0) is 45.0 Å². The molecule has 0 aliphatic carbocycles. The van der Waals surface area contributed by atoms with Crippen LogP contribution in [0.4, 0.5) is 11.4 Å². The molecule has 0 aliphatic rings. The summed E-state index contributed by atoms with van der Waals surface area (Å²) in [6.45, 7) is 6.85. The average Bonchev–Trinajstić information content (AvgIpc) is 2.80. The zero-order valence-corrected chi connectivity index (χ0v) is 12.4. The van der Waals surface area contributed by atoms with Crippen molar-refractivity contribution in [2.24, 2.45) is 0 Å². The third kappa shape index (κ3) is 3.41. The second kappa shape index (κ2) is 5.97. The lowest BCUT2D eigenvalue weighted by Crippen LogP contribution is -2.05. The Morgan fingerprint density at radius 1 is 1.32 bits per heavy atom. The molecule has 0 spiro atoms. The predicted molar refractivity (Wildman–Crippen MR) is 83.1 cm³/mol. The Balaban J connectivity index is 2.12. The summed E-state index contributed by atoms with van der Waals surface area (Å²) in [4.78, 5) is 2.66. The molecule has 19 heavy (non-hydrogen) atoms. The summed E-state index contributed by atoms with van der Waals surface area (Å²) in [6.07, 6.45) is 0. The third-order valence-electron chi connectivity index (χ3n) is 2.88. The summed E-state index contributed by atoms with van der Waals surface area (Å²) < 4.78 is 5.51. The Morgan fingerprint density at radius 2 is 2.11 bits per heavy atom. The highest BCUT2D eigenvalue weighted by Gasteiger charge is 2.09. The van der Waals surface area contributed by atoms with Crippen LogP contribution < -0.4 is 15.8 Å². The Kier molecular flexibility index (Phi) is 4.32. The molecule has 1 aromatic carbocycles. The van der Waals surface area contributed by atoms with Crippen LogP contribution >= 0.6 is 11.3 Å². The molecule has 1 atom stereocenters. The highest BCUT2D eigenvalue weighted by Crippen LogP contribution is 2.29. The maximum atomic E-state index is 5.87. The van der Waals surface area contributed by atoms with Crippen molar-refractivity contribution in [3.05, 3.63) is 40.1 Å². The zero-order chi connectivity index (χ0) is 13.8. The molecule has 2 aromatic rings. The number of nitrogens with two attached hydrogens (primary N) is 1. The number of thiophene rings is 1. The fourth-order valence-electron chi connectivity index (χ4n) is 1.91. The number of benzene rings is 1. The first-order valence-corrected chi connectivity index (χ1v) is 7.27. The van der Waals surface area contributed by atoms with Gasteiger partial charge in [-0.15, -0.1) is 11.3 Å². The van der Waals surface area contributed by atoms with Gasteiger partial charge >= 0.3 is 0 Å². The smallest absolute Gasteiger partial charge is 0.144 e. The van der Waals surface area contributed by atoms with Crippen molar-refractivity contribution < 1.29 is 4.74 Å². The van der Waals surface area contributed by atoms with Gasteiger partial charge < -0.3 is 15.8 Å². The zero-order valence-electron chi connectivity index (χ0n) is 11.6. The second-order valence-corrected chi connectivity index (χ2v) is 5.82. The SMILES string of the molecule is CCOc1cc(NC(C)c2ccc(C)s2)ccc1N. The van der Waals surface area contributed by atoms with Gasteiger partial charge in [-0.2, -0.15) is 0 Å². The molecule has 0 fully saturated rings. The molecule has 1 heterocycles. The molecule has 1 unspecified atom stereocenters. The summed E-state index contributed by atoms with van der Waals surface area (Å²) in [5.41, 5.74) is 7.57. The fourth-order valence-corrected chi connectivity index (χ4v) is 2.79. The first-order valence-electron chi connectivity index (χ1n) is 6.45. The van der Waals surface area contributed by atoms with Crippen molar-refractivity contribution in [2.75, 3.05) is 17.7 Å². The molecular formula is C15H20N2OS. The van der Waals surface area contributed by atoms with Gasteiger partial charge in [0.15, 0.2) is 0 Å². The molecular weight excluding hydrogens is 256 g/mol. The Morgan fingerprint density at radius 3 is 2.74 bits per heavy atom. The number of rotatable bonds is 5. The second-order valence-electron chi connectivity index (χ2n) is 4.50. The quantitative estimate of drug-likeness (QED) is 0.804. The number of aryl methyl sites for hydroxylation is 1. The van der Waals surface area contributed by atoms with Gasteiger partial charge in [-0.25, -0.2) is 0 Å². The van der Waals surface area contributed by atoms with Gasteiger partial charge in [-0.3, -0.25) is 0 Å². The first-order chi connectivity index (χ1) is 9.10. The normalized spacial score (nSPS) is 12.2. The van der Waals surface area contributed by atoms with E-state index in [0.29, 0.717) is 12.3 Å². The van der Waals surface area contributed by atoms with Gasteiger partial charge in [0.2, 0.25) is 0 Å². The van der Waals surface area contributed by atoms with E-state index in [9.17, 15) is 0 Å². The van der Waals surface area contributed by atoms with Gasteiger partial charge in [0.25, 0.3) is 0 Å². The molecule has 0 bridgehead atoms. The van der Waals surface area contributed by atoms with Crippen LogP contribution in [-0.2, 0) is 0 Å². The third-order valence-corrected chi connectivity index (χ3v) is 4.07. The lowest BCUT2D eigenvalue weighted by Gasteiger charge is -2.15. The van der Waals surface area contributed by atoms with Crippen LogP contribution in [0.1, 0.15) is 29.6 Å². The Labute approximate surface area is 118 Å². The fraction of sp³-hybridized carbons (Fsp3) is 0.333. The number of hydrogen-bond acceptors (Lipinski definition) is 4. The molecule has 0 aliphatic heterocycles. The molecule has 0 amide bonds. The van der Waals surface area contributed by atoms with Gasteiger partial charge in [0.05, 0.1) is 18.3 Å². The topological polar surface area (TPSA) is 47.3 Å². The summed E-state index contributed by atoms with van der Waals surface area (Å²) in [6, 6.07) is 10.4. The minimum Gasteiger partial charge on any atom is -0.492 e. The van der Waals surface area contributed by atoms with Gasteiger partial charge in [0.1, 0.15) is 5.75 Å². The molecule has 4 heteroatoms. The van der Waals surface area contributed by atoms with E-state index in [4.69, 9.17) is 10.5 Å². The maximum Gasteiger partial charge on any atom is 0.144 e. The number of anilines is 2. The van der Waals surface area contributed by atoms with Crippen molar-refractivity contribution >= 4 is 22.7 Å². The van der Waals surface area contributed by atoms with Crippen LogP contribution in [0.5, 0.6) is 5.75 Å². The monoisotopic (exact) mass is 276 g/mol. The first kappa shape index (κ1) is 13.7. The molecule has 2 rings (SSSR count). The van der Waals surface area contributed by atoms with Crippen LogP contribution in [0.15, 0.2) is 30.3 Å². The molecule has 102 valence electrons. The van der Waals surface area contributed by atoms with Crippen molar-refractivity contribution in [3.63, 3.8) is 0 Å². The van der Waals surface area contributed by atoms with E-state index < -0.39 is 0 Å². The van der Waals surface area contributed by atoms with Crippen molar-refractivity contribution in [1.29, 1.82) is 0 Å². The van der Waals surface area contributed by atoms with E-state index in [0.717, 1.165) is 11.4 Å². The highest BCUT2D eigenvalue weighted by molar-refractivity contribution is 7.12. The standard InChI is InChI=1S/C15H20N2OS/c1-4-18-14-9-12(6-7-13(14)16)17-11(3)15-8-5-10(2)19-15/h5-9,11,17H,4,16H2,1-3H3. The minimum absolute atomic E-state index is 0.275. The van der Waals surface area contributed by atoms with Crippen LogP contribution in [-0.4, -0.2) is 6.61 Å². The summed E-state index contributed by atoms with van der Waals surface area (Å²) in [5, 5.41) is 3.47. The Bertz CT molecular complexity index is 551. The molecule has 0 saturated heterocycles. The van der Waals surface area contributed by atoms with Gasteiger partial charge in [0, 0.05) is 21.5 Å². The number of ether oxygens (including phenoxy) is 1. The molecule has 0 saturated carbocycles. The summed E-state index contributed by atoms with van der Waals surface area (Å²) >= 11 is 1.81. The molecule has 3 N–H and O–H groups in total. The number of nitrogen functional groups attached to an aromatic ring is 1. The highest BCUT2D eigenvalue weighted by atomic mass is 32.1. The lowest BCUT2D eigenvalue weighted by atomic mass is 10.2. The van der Waals surface area contributed by atoms with Crippen molar-refractivity contribution in [1.82, 2.24) is 0 Å². The molecule has 0 radical (unpaired) electrons. The van der Waals surface area contributed by atoms with Crippen LogP contribution in [0, 0.1) is 6.92 Å². The number of hydrogen-bond donors (Lipinski definition) is 2. The van der Waals surface area contributed by atoms with Crippen molar-refractivity contribution in [2.45, 2.75) is 26.8 Å². The van der Waals surface area contributed by atoms with Crippen LogP contribution in [0.3, 0.4) is 0 Å². The minimum atomic E-state index is 0.275. The van der Waals surface area contributed by atoms with E-state index in [2.05, 4.69) is 31.3 Å². The number of nitrogens with one attached hydrogen (secondary N) is 1. The van der Waals surface area contributed by atoms with Gasteiger partial charge in [-0.1, -0.05) is 0 Å². The lowest BCUT2D eigenvalue weighted by molar-refractivity contribution is 0.342. The van der Waals surface area contributed by atoms with Crippen LogP contribution in [0.2, 0.25) is 0 Å². The Hall–Kier alpha value is -1.68. The predicted octanol–water partition coefficient (Wildman–Crippen LogP) is 4.21. The largest absolute Gasteiger partial charge is 0.492 e. The van der Waals surface area contributed by atoms with Crippen molar-refractivity contribution in [3.8, 4) is 5.75 Å². The molecule has 1 aromatic heterocycles. The van der Waals surface area contributed by atoms with E-state index in [1.165, 1.54) is 9.75 Å². The summed E-state index contributed by atoms with van der Waals surface area (Å²) in [5.74, 6) is 0.738. The summed E-state index contributed by atoms with van der Waals surface area (Å²) in [7, 11) is 0. The van der Waals surface area contributed by atoms with Crippen LogP contribution in [0.25, 0.3) is 0 Å². The molecule has 3 nitrogen and oxygen atoms in total.